The predicted octanol–water partition coefficient (Wildman–Crippen LogP) is 2.76. The fourth-order valence-corrected chi connectivity index (χ4v) is 4.57. The van der Waals surface area contributed by atoms with Crippen molar-refractivity contribution in [3.8, 4) is 0 Å². The maximum absolute atomic E-state index is 6.03. The van der Waals surface area contributed by atoms with Gasteiger partial charge in [0.1, 0.15) is 0 Å². The Hall–Kier alpha value is -0.120. The number of morpholine rings is 1. The van der Waals surface area contributed by atoms with Gasteiger partial charge in [-0.05, 0) is 58.4 Å². The third kappa shape index (κ3) is 3.96. The lowest BCUT2D eigenvalue weighted by molar-refractivity contribution is -0.133. The molecule has 2 aliphatic rings. The van der Waals surface area contributed by atoms with Crippen molar-refractivity contribution >= 4 is 0 Å². The molecule has 1 heterocycles. The molecule has 3 heteroatoms. The number of rotatable bonds is 3. The Labute approximate surface area is 125 Å². The van der Waals surface area contributed by atoms with E-state index in [0.717, 1.165) is 30.8 Å². The SMILES string of the molecule is CNC1CC(C)CC(C)C1CN1CC(C)OC(C)(C)C1. The smallest absolute Gasteiger partial charge is 0.0757 e. The highest BCUT2D eigenvalue weighted by molar-refractivity contribution is 4.91. The van der Waals surface area contributed by atoms with E-state index in [2.05, 4.69) is 51.9 Å². The average Bonchev–Trinajstić information content (AvgIpc) is 2.29. The summed E-state index contributed by atoms with van der Waals surface area (Å²) < 4.78 is 6.03. The second-order valence-corrected chi connectivity index (χ2v) is 8.00. The van der Waals surface area contributed by atoms with Crippen LogP contribution in [0, 0.1) is 17.8 Å². The molecule has 1 aliphatic carbocycles. The van der Waals surface area contributed by atoms with Crippen molar-refractivity contribution in [3.63, 3.8) is 0 Å². The van der Waals surface area contributed by atoms with Crippen LogP contribution in [0.15, 0.2) is 0 Å². The lowest BCUT2D eigenvalue weighted by atomic mass is 9.72. The molecule has 3 nitrogen and oxygen atoms in total. The molecule has 0 spiro atoms. The van der Waals surface area contributed by atoms with Crippen LogP contribution in [0.5, 0.6) is 0 Å². The molecular formula is C17H34N2O. The molecule has 0 radical (unpaired) electrons. The molecule has 0 bridgehead atoms. The van der Waals surface area contributed by atoms with Crippen molar-refractivity contribution in [1.29, 1.82) is 0 Å². The Bertz CT molecular complexity index is 318. The van der Waals surface area contributed by atoms with Crippen molar-refractivity contribution in [2.75, 3.05) is 26.7 Å². The molecule has 5 atom stereocenters. The Morgan fingerprint density at radius 1 is 1.20 bits per heavy atom. The second-order valence-electron chi connectivity index (χ2n) is 8.00. The quantitative estimate of drug-likeness (QED) is 0.861. The van der Waals surface area contributed by atoms with Crippen molar-refractivity contribution in [3.05, 3.63) is 0 Å². The van der Waals surface area contributed by atoms with Gasteiger partial charge in [0.15, 0.2) is 0 Å². The van der Waals surface area contributed by atoms with E-state index in [4.69, 9.17) is 4.74 Å². The molecule has 1 N–H and O–H groups in total. The van der Waals surface area contributed by atoms with Crippen LogP contribution in [0.25, 0.3) is 0 Å². The molecule has 0 aromatic heterocycles. The topological polar surface area (TPSA) is 24.5 Å². The largest absolute Gasteiger partial charge is 0.370 e. The van der Waals surface area contributed by atoms with Crippen LogP contribution in [0.2, 0.25) is 0 Å². The molecule has 5 unspecified atom stereocenters. The molecule has 2 fully saturated rings. The first-order valence-corrected chi connectivity index (χ1v) is 8.38. The lowest BCUT2D eigenvalue weighted by Crippen LogP contribution is -2.56. The van der Waals surface area contributed by atoms with E-state index in [1.54, 1.807) is 0 Å². The van der Waals surface area contributed by atoms with E-state index in [9.17, 15) is 0 Å². The highest BCUT2D eigenvalue weighted by atomic mass is 16.5. The van der Waals surface area contributed by atoms with Crippen LogP contribution in [-0.2, 0) is 4.74 Å². The molecule has 20 heavy (non-hydrogen) atoms. The van der Waals surface area contributed by atoms with Gasteiger partial charge in [-0.2, -0.15) is 0 Å². The highest BCUT2D eigenvalue weighted by Crippen LogP contribution is 2.35. The molecule has 118 valence electrons. The summed E-state index contributed by atoms with van der Waals surface area (Å²) in [6, 6.07) is 0.676. The second kappa shape index (κ2) is 6.33. The number of nitrogens with one attached hydrogen (secondary N) is 1. The number of ether oxygens (including phenoxy) is 1. The minimum Gasteiger partial charge on any atom is -0.370 e. The molecule has 1 aliphatic heterocycles. The summed E-state index contributed by atoms with van der Waals surface area (Å²) in [6.07, 6.45) is 3.06. The normalized spacial score (nSPS) is 42.6. The zero-order valence-corrected chi connectivity index (χ0v) is 14.3. The number of nitrogens with zero attached hydrogens (tertiary/aromatic N) is 1. The third-order valence-electron chi connectivity index (χ3n) is 5.16. The zero-order chi connectivity index (χ0) is 14.9. The Morgan fingerprint density at radius 2 is 1.90 bits per heavy atom. The van der Waals surface area contributed by atoms with Gasteiger partial charge in [0, 0.05) is 25.7 Å². The summed E-state index contributed by atoms with van der Waals surface area (Å²) in [5.74, 6) is 2.45. The summed E-state index contributed by atoms with van der Waals surface area (Å²) in [4.78, 5) is 2.63. The van der Waals surface area contributed by atoms with E-state index >= 15 is 0 Å². The minimum atomic E-state index is -0.00198. The lowest BCUT2D eigenvalue weighted by Gasteiger charge is -2.46. The van der Waals surface area contributed by atoms with Crippen LogP contribution in [0.4, 0.5) is 0 Å². The highest BCUT2D eigenvalue weighted by Gasteiger charge is 2.37. The van der Waals surface area contributed by atoms with Crippen LogP contribution in [0.3, 0.4) is 0 Å². The van der Waals surface area contributed by atoms with Crippen molar-refractivity contribution in [2.24, 2.45) is 17.8 Å². The Morgan fingerprint density at radius 3 is 2.50 bits per heavy atom. The summed E-state index contributed by atoms with van der Waals surface area (Å²) in [5, 5.41) is 3.58. The molecule has 2 rings (SSSR count). The van der Waals surface area contributed by atoms with Crippen LogP contribution >= 0.6 is 0 Å². The Balaban J connectivity index is 2.00. The van der Waals surface area contributed by atoms with Crippen molar-refractivity contribution in [2.45, 2.75) is 65.2 Å². The van der Waals surface area contributed by atoms with Crippen LogP contribution < -0.4 is 5.32 Å². The van der Waals surface area contributed by atoms with E-state index in [1.165, 1.54) is 19.4 Å². The maximum atomic E-state index is 6.03. The zero-order valence-electron chi connectivity index (χ0n) is 14.3. The standard InChI is InChI=1S/C17H34N2O/c1-12-7-13(2)15(16(8-12)18-6)10-19-9-14(3)20-17(4,5)11-19/h12-16,18H,7-11H2,1-6H3. The van der Waals surface area contributed by atoms with Gasteiger partial charge < -0.3 is 10.1 Å². The van der Waals surface area contributed by atoms with Gasteiger partial charge in [0.2, 0.25) is 0 Å². The number of hydrogen-bond acceptors (Lipinski definition) is 3. The van der Waals surface area contributed by atoms with E-state index < -0.39 is 0 Å². The van der Waals surface area contributed by atoms with E-state index in [-0.39, 0.29) is 5.60 Å². The van der Waals surface area contributed by atoms with Crippen LogP contribution in [-0.4, -0.2) is 49.3 Å². The fourth-order valence-electron chi connectivity index (χ4n) is 4.57. The monoisotopic (exact) mass is 282 g/mol. The van der Waals surface area contributed by atoms with E-state index in [1.807, 2.05) is 0 Å². The summed E-state index contributed by atoms with van der Waals surface area (Å²) in [6.45, 7) is 14.9. The van der Waals surface area contributed by atoms with Gasteiger partial charge in [-0.1, -0.05) is 13.8 Å². The number of hydrogen-bond donors (Lipinski definition) is 1. The first-order chi connectivity index (χ1) is 9.30. The van der Waals surface area contributed by atoms with Gasteiger partial charge in [-0.3, -0.25) is 4.90 Å². The molecule has 1 saturated carbocycles. The summed E-state index contributed by atoms with van der Waals surface area (Å²) >= 11 is 0. The maximum Gasteiger partial charge on any atom is 0.0757 e. The van der Waals surface area contributed by atoms with Crippen molar-refractivity contribution < 1.29 is 4.74 Å². The predicted molar refractivity (Wildman–Crippen MR) is 85.0 cm³/mol. The van der Waals surface area contributed by atoms with Gasteiger partial charge in [-0.25, -0.2) is 0 Å². The molecular weight excluding hydrogens is 248 g/mol. The van der Waals surface area contributed by atoms with Gasteiger partial charge in [0.25, 0.3) is 0 Å². The summed E-state index contributed by atoms with van der Waals surface area (Å²) in [7, 11) is 2.13. The minimum absolute atomic E-state index is 0.00198. The fraction of sp³-hybridized carbons (Fsp3) is 1.00. The van der Waals surface area contributed by atoms with Crippen LogP contribution in [0.1, 0.15) is 47.5 Å². The first-order valence-electron chi connectivity index (χ1n) is 8.38. The third-order valence-corrected chi connectivity index (χ3v) is 5.16. The van der Waals surface area contributed by atoms with E-state index in [0.29, 0.717) is 12.1 Å². The summed E-state index contributed by atoms with van der Waals surface area (Å²) in [5.41, 5.74) is -0.00198. The van der Waals surface area contributed by atoms with Crippen molar-refractivity contribution in [1.82, 2.24) is 10.2 Å². The first kappa shape index (κ1) is 16.3. The van der Waals surface area contributed by atoms with Gasteiger partial charge in [0.05, 0.1) is 11.7 Å². The van der Waals surface area contributed by atoms with Gasteiger partial charge in [-0.15, -0.1) is 0 Å². The molecule has 0 aromatic carbocycles. The van der Waals surface area contributed by atoms with Gasteiger partial charge >= 0.3 is 0 Å². The Kier molecular flexibility index (Phi) is 5.14. The average molecular weight is 282 g/mol. The molecule has 1 saturated heterocycles. The molecule has 0 aromatic rings. The molecule has 0 amide bonds.